The van der Waals surface area contributed by atoms with Crippen LogP contribution in [0.15, 0.2) is 47.4 Å². The normalized spacial score (nSPS) is 10.3. The fraction of sp³-hybridized carbons (Fsp3) is 0.133. The summed E-state index contributed by atoms with van der Waals surface area (Å²) in [6.45, 7) is 0. The molecule has 0 N–H and O–H groups in total. The number of thioether (sulfide) groups is 1. The first-order chi connectivity index (χ1) is 9.15. The van der Waals surface area contributed by atoms with Gasteiger partial charge in [0.15, 0.2) is 17.3 Å². The van der Waals surface area contributed by atoms with Crippen molar-refractivity contribution in [3.8, 4) is 5.75 Å². The van der Waals surface area contributed by atoms with E-state index in [1.54, 1.807) is 23.9 Å². The van der Waals surface area contributed by atoms with Crippen molar-refractivity contribution >= 4 is 17.5 Å². The summed E-state index contributed by atoms with van der Waals surface area (Å²) >= 11 is 1.61. The first-order valence-electron chi connectivity index (χ1n) is 5.68. The molecule has 0 unspecified atom stereocenters. The Kier molecular flexibility index (Phi) is 4.22. The Labute approximate surface area is 115 Å². The molecule has 0 bridgehead atoms. The monoisotopic (exact) mass is 276 g/mol. The highest BCUT2D eigenvalue weighted by Crippen LogP contribution is 2.21. The lowest BCUT2D eigenvalue weighted by Crippen LogP contribution is -2.02. The topological polar surface area (TPSA) is 26.3 Å². The molecule has 4 heteroatoms. The van der Waals surface area contributed by atoms with Gasteiger partial charge in [-0.15, -0.1) is 11.8 Å². The van der Waals surface area contributed by atoms with E-state index in [-0.39, 0.29) is 11.5 Å². The van der Waals surface area contributed by atoms with Gasteiger partial charge in [-0.3, -0.25) is 4.79 Å². The highest BCUT2D eigenvalue weighted by Gasteiger charge is 2.12. The number of hydrogen-bond acceptors (Lipinski definition) is 3. The zero-order chi connectivity index (χ0) is 13.8. The Morgan fingerprint density at radius 2 is 1.74 bits per heavy atom. The predicted molar refractivity (Wildman–Crippen MR) is 74.6 cm³/mol. The number of halogens is 1. The lowest BCUT2D eigenvalue weighted by atomic mass is 10.0. The van der Waals surface area contributed by atoms with Crippen LogP contribution in [0.5, 0.6) is 5.75 Å². The van der Waals surface area contributed by atoms with Crippen LogP contribution in [-0.2, 0) is 0 Å². The van der Waals surface area contributed by atoms with Crippen molar-refractivity contribution in [1.82, 2.24) is 0 Å². The van der Waals surface area contributed by atoms with Crippen LogP contribution in [-0.4, -0.2) is 19.1 Å². The van der Waals surface area contributed by atoms with E-state index < -0.39 is 5.82 Å². The van der Waals surface area contributed by atoms with Gasteiger partial charge < -0.3 is 4.74 Å². The van der Waals surface area contributed by atoms with Gasteiger partial charge in [0.05, 0.1) is 7.11 Å². The van der Waals surface area contributed by atoms with Crippen LogP contribution in [0.1, 0.15) is 15.9 Å². The number of benzene rings is 2. The van der Waals surface area contributed by atoms with Gasteiger partial charge in [0.2, 0.25) is 0 Å². The van der Waals surface area contributed by atoms with Crippen LogP contribution < -0.4 is 4.74 Å². The lowest BCUT2D eigenvalue weighted by molar-refractivity contribution is 0.103. The van der Waals surface area contributed by atoms with Crippen molar-refractivity contribution in [2.24, 2.45) is 0 Å². The van der Waals surface area contributed by atoms with Crippen molar-refractivity contribution in [1.29, 1.82) is 0 Å². The minimum atomic E-state index is -0.475. The Hall–Kier alpha value is -1.81. The molecule has 0 atom stereocenters. The number of methoxy groups -OCH3 is 1. The van der Waals surface area contributed by atoms with E-state index in [1.165, 1.54) is 25.3 Å². The standard InChI is InChI=1S/C15H13FO2S/c1-18-14-9-11(5-8-13(14)16)15(17)10-3-6-12(19-2)7-4-10/h3-9H,1-2H3. The Morgan fingerprint density at radius 3 is 2.32 bits per heavy atom. The molecule has 0 heterocycles. The van der Waals surface area contributed by atoms with Crippen LogP contribution in [0, 0.1) is 5.82 Å². The van der Waals surface area contributed by atoms with Gasteiger partial charge in [-0.1, -0.05) is 0 Å². The highest BCUT2D eigenvalue weighted by atomic mass is 32.2. The Morgan fingerprint density at radius 1 is 1.11 bits per heavy atom. The second-order valence-corrected chi connectivity index (χ2v) is 4.79. The molecule has 2 aromatic rings. The molecule has 19 heavy (non-hydrogen) atoms. The van der Waals surface area contributed by atoms with E-state index in [0.29, 0.717) is 11.1 Å². The predicted octanol–water partition coefficient (Wildman–Crippen LogP) is 3.79. The van der Waals surface area contributed by atoms with E-state index in [1.807, 2.05) is 18.4 Å². The van der Waals surface area contributed by atoms with E-state index in [4.69, 9.17) is 4.74 Å². The van der Waals surface area contributed by atoms with Crippen LogP contribution in [0.4, 0.5) is 4.39 Å². The van der Waals surface area contributed by atoms with Crippen LogP contribution >= 0.6 is 11.8 Å². The van der Waals surface area contributed by atoms with Crippen molar-refractivity contribution in [3.05, 3.63) is 59.4 Å². The van der Waals surface area contributed by atoms with E-state index in [9.17, 15) is 9.18 Å². The summed E-state index contributed by atoms with van der Waals surface area (Å²) in [5.74, 6) is -0.547. The second-order valence-electron chi connectivity index (χ2n) is 3.91. The fourth-order valence-corrected chi connectivity index (χ4v) is 2.12. The maximum Gasteiger partial charge on any atom is 0.193 e. The minimum absolute atomic E-state index is 0.0755. The van der Waals surface area contributed by atoms with Gasteiger partial charge in [0.25, 0.3) is 0 Å². The maximum absolute atomic E-state index is 13.3. The summed E-state index contributed by atoms with van der Waals surface area (Å²) in [6.07, 6.45) is 1.97. The first kappa shape index (κ1) is 13.6. The average Bonchev–Trinajstić information content (AvgIpc) is 2.47. The minimum Gasteiger partial charge on any atom is -0.494 e. The quantitative estimate of drug-likeness (QED) is 0.628. The molecule has 0 aliphatic heterocycles. The molecule has 0 radical (unpaired) electrons. The van der Waals surface area contributed by atoms with E-state index in [0.717, 1.165) is 4.90 Å². The van der Waals surface area contributed by atoms with Crippen molar-refractivity contribution in [2.45, 2.75) is 4.90 Å². The number of ketones is 1. The smallest absolute Gasteiger partial charge is 0.193 e. The molecule has 0 aromatic heterocycles. The largest absolute Gasteiger partial charge is 0.494 e. The molecule has 2 aromatic carbocycles. The fourth-order valence-electron chi connectivity index (χ4n) is 1.71. The molecule has 0 fully saturated rings. The molecule has 2 nitrogen and oxygen atoms in total. The molecule has 0 spiro atoms. The molecular weight excluding hydrogens is 263 g/mol. The third kappa shape index (κ3) is 2.96. The molecule has 0 aliphatic carbocycles. The van der Waals surface area contributed by atoms with E-state index >= 15 is 0 Å². The van der Waals surface area contributed by atoms with Gasteiger partial charge in [-0.05, 0) is 48.7 Å². The molecule has 2 rings (SSSR count). The zero-order valence-electron chi connectivity index (χ0n) is 10.6. The van der Waals surface area contributed by atoms with Crippen molar-refractivity contribution in [2.75, 3.05) is 13.4 Å². The number of ether oxygens (including phenoxy) is 1. The first-order valence-corrected chi connectivity index (χ1v) is 6.90. The van der Waals surface area contributed by atoms with Gasteiger partial charge >= 0.3 is 0 Å². The number of carbonyl (C=O) groups is 1. The molecule has 0 aliphatic rings. The Bertz CT molecular complexity index is 594. The molecule has 0 saturated carbocycles. The molecule has 0 amide bonds. The number of carbonyl (C=O) groups excluding carboxylic acids is 1. The third-order valence-electron chi connectivity index (χ3n) is 2.77. The van der Waals surface area contributed by atoms with Crippen molar-refractivity contribution in [3.63, 3.8) is 0 Å². The number of hydrogen-bond donors (Lipinski definition) is 0. The molecular formula is C15H13FO2S. The van der Waals surface area contributed by atoms with Gasteiger partial charge in [-0.2, -0.15) is 0 Å². The average molecular weight is 276 g/mol. The lowest BCUT2D eigenvalue weighted by Gasteiger charge is -2.06. The zero-order valence-corrected chi connectivity index (χ0v) is 11.5. The second kappa shape index (κ2) is 5.89. The molecule has 0 saturated heterocycles. The highest BCUT2D eigenvalue weighted by molar-refractivity contribution is 7.98. The summed E-state index contributed by atoms with van der Waals surface area (Å²) < 4.78 is 18.2. The van der Waals surface area contributed by atoms with Gasteiger partial charge in [0.1, 0.15) is 0 Å². The van der Waals surface area contributed by atoms with Crippen LogP contribution in [0.25, 0.3) is 0 Å². The number of rotatable bonds is 4. The summed E-state index contributed by atoms with van der Waals surface area (Å²) in [5, 5.41) is 0. The van der Waals surface area contributed by atoms with E-state index in [2.05, 4.69) is 0 Å². The van der Waals surface area contributed by atoms with Crippen molar-refractivity contribution < 1.29 is 13.9 Å². The van der Waals surface area contributed by atoms with Crippen LogP contribution in [0.2, 0.25) is 0 Å². The third-order valence-corrected chi connectivity index (χ3v) is 3.51. The summed E-state index contributed by atoms with van der Waals surface area (Å²) in [5.41, 5.74) is 0.988. The SMILES string of the molecule is COc1cc(C(=O)c2ccc(SC)cc2)ccc1F. The van der Waals surface area contributed by atoms with Gasteiger partial charge in [-0.25, -0.2) is 4.39 Å². The summed E-state index contributed by atoms with van der Waals surface area (Å²) in [6, 6.07) is 11.4. The van der Waals surface area contributed by atoms with Crippen LogP contribution in [0.3, 0.4) is 0 Å². The summed E-state index contributed by atoms with van der Waals surface area (Å²) in [4.78, 5) is 13.3. The molecule has 98 valence electrons. The summed E-state index contributed by atoms with van der Waals surface area (Å²) in [7, 11) is 1.37. The maximum atomic E-state index is 13.3. The van der Waals surface area contributed by atoms with Gasteiger partial charge in [0, 0.05) is 16.0 Å². The Balaban J connectivity index is 2.32.